The lowest BCUT2D eigenvalue weighted by Gasteiger charge is -2.04. The SMILES string of the molecule is O=Cc1ccc(OCCF)c(F)c1. The molecule has 1 rings (SSSR count). The number of halogens is 2. The molecule has 0 unspecified atom stereocenters. The third-order valence-corrected chi connectivity index (χ3v) is 1.43. The van der Waals surface area contributed by atoms with E-state index in [1.54, 1.807) is 0 Å². The van der Waals surface area contributed by atoms with Crippen LogP contribution in [-0.4, -0.2) is 19.6 Å². The first kappa shape index (κ1) is 9.64. The maximum absolute atomic E-state index is 13.0. The van der Waals surface area contributed by atoms with Gasteiger partial charge in [0, 0.05) is 5.56 Å². The van der Waals surface area contributed by atoms with Crippen LogP contribution in [0.5, 0.6) is 5.75 Å². The van der Waals surface area contributed by atoms with E-state index >= 15 is 0 Å². The van der Waals surface area contributed by atoms with Gasteiger partial charge in [0.25, 0.3) is 0 Å². The zero-order valence-electron chi connectivity index (χ0n) is 6.80. The van der Waals surface area contributed by atoms with E-state index in [4.69, 9.17) is 4.74 Å². The Morgan fingerprint density at radius 3 is 2.77 bits per heavy atom. The highest BCUT2D eigenvalue weighted by Gasteiger charge is 2.03. The molecule has 0 spiro atoms. The van der Waals surface area contributed by atoms with Gasteiger partial charge in [-0.2, -0.15) is 0 Å². The van der Waals surface area contributed by atoms with E-state index in [1.807, 2.05) is 0 Å². The molecular formula is C9H8F2O2. The minimum absolute atomic E-state index is 0.0387. The Labute approximate surface area is 74.1 Å². The van der Waals surface area contributed by atoms with Gasteiger partial charge < -0.3 is 4.74 Å². The highest BCUT2D eigenvalue weighted by molar-refractivity contribution is 5.74. The molecule has 70 valence electrons. The van der Waals surface area contributed by atoms with Gasteiger partial charge in [-0.25, -0.2) is 8.78 Å². The lowest BCUT2D eigenvalue weighted by Crippen LogP contribution is -2.00. The minimum atomic E-state index is -0.672. The zero-order chi connectivity index (χ0) is 9.68. The van der Waals surface area contributed by atoms with Gasteiger partial charge in [-0.1, -0.05) is 0 Å². The van der Waals surface area contributed by atoms with E-state index in [0.717, 1.165) is 6.07 Å². The lowest BCUT2D eigenvalue weighted by atomic mass is 10.2. The number of alkyl halides is 1. The van der Waals surface area contributed by atoms with E-state index in [9.17, 15) is 13.6 Å². The fraction of sp³-hybridized carbons (Fsp3) is 0.222. The highest BCUT2D eigenvalue weighted by Crippen LogP contribution is 2.17. The predicted molar refractivity (Wildman–Crippen MR) is 43.3 cm³/mol. The number of aldehydes is 1. The van der Waals surface area contributed by atoms with Gasteiger partial charge in [0.15, 0.2) is 11.6 Å². The fourth-order valence-electron chi connectivity index (χ4n) is 0.856. The molecule has 0 bridgehead atoms. The summed E-state index contributed by atoms with van der Waals surface area (Å²) in [6.07, 6.45) is 0.530. The summed E-state index contributed by atoms with van der Waals surface area (Å²) < 4.78 is 29.3. The summed E-state index contributed by atoms with van der Waals surface area (Å²) >= 11 is 0. The molecule has 0 amide bonds. The van der Waals surface area contributed by atoms with Crippen LogP contribution in [-0.2, 0) is 0 Å². The maximum atomic E-state index is 13.0. The summed E-state index contributed by atoms with van der Waals surface area (Å²) in [5, 5.41) is 0. The summed E-state index contributed by atoms with van der Waals surface area (Å²) in [6, 6.07) is 3.75. The molecule has 1 aromatic carbocycles. The van der Waals surface area contributed by atoms with Crippen molar-refractivity contribution in [3.8, 4) is 5.75 Å². The van der Waals surface area contributed by atoms with Gasteiger partial charge in [0.1, 0.15) is 19.6 Å². The first-order valence-corrected chi connectivity index (χ1v) is 3.71. The second kappa shape index (κ2) is 4.54. The first-order chi connectivity index (χ1) is 6.27. The van der Waals surface area contributed by atoms with Crippen molar-refractivity contribution in [2.45, 2.75) is 0 Å². The number of carbonyl (C=O) groups excluding carboxylic acids is 1. The Bertz CT molecular complexity index is 300. The normalized spacial score (nSPS) is 9.69. The van der Waals surface area contributed by atoms with Crippen molar-refractivity contribution in [2.75, 3.05) is 13.3 Å². The molecular weight excluding hydrogens is 178 g/mol. The molecule has 0 aliphatic rings. The van der Waals surface area contributed by atoms with Gasteiger partial charge in [-0.3, -0.25) is 4.79 Å². The Hall–Kier alpha value is -1.45. The van der Waals surface area contributed by atoms with E-state index in [2.05, 4.69) is 0 Å². The zero-order valence-corrected chi connectivity index (χ0v) is 6.80. The number of hydrogen-bond acceptors (Lipinski definition) is 2. The largest absolute Gasteiger partial charge is 0.488 e. The van der Waals surface area contributed by atoms with Crippen LogP contribution in [0.15, 0.2) is 18.2 Å². The summed E-state index contributed by atoms with van der Waals surface area (Å²) in [5.41, 5.74) is 0.227. The molecule has 0 radical (unpaired) electrons. The smallest absolute Gasteiger partial charge is 0.165 e. The van der Waals surface area contributed by atoms with Gasteiger partial charge in [0.2, 0.25) is 0 Å². The van der Waals surface area contributed by atoms with E-state index in [0.29, 0.717) is 6.29 Å². The van der Waals surface area contributed by atoms with Crippen LogP contribution in [0.4, 0.5) is 8.78 Å². The maximum Gasteiger partial charge on any atom is 0.165 e. The molecule has 4 heteroatoms. The molecule has 0 fully saturated rings. The van der Waals surface area contributed by atoms with Crippen molar-refractivity contribution >= 4 is 6.29 Å². The summed E-state index contributed by atoms with van der Waals surface area (Å²) in [5.74, 6) is -0.693. The number of benzene rings is 1. The van der Waals surface area contributed by atoms with Crippen molar-refractivity contribution in [1.29, 1.82) is 0 Å². The molecule has 0 N–H and O–H groups in total. The molecule has 0 aliphatic heterocycles. The van der Waals surface area contributed by atoms with Gasteiger partial charge >= 0.3 is 0 Å². The van der Waals surface area contributed by atoms with Gasteiger partial charge in [-0.15, -0.1) is 0 Å². The molecule has 0 saturated carbocycles. The Morgan fingerprint density at radius 1 is 1.46 bits per heavy atom. The third kappa shape index (κ3) is 2.50. The van der Waals surface area contributed by atoms with Crippen molar-refractivity contribution < 1.29 is 18.3 Å². The van der Waals surface area contributed by atoms with Crippen molar-refractivity contribution in [2.24, 2.45) is 0 Å². The van der Waals surface area contributed by atoms with Crippen LogP contribution in [0, 0.1) is 5.82 Å². The Morgan fingerprint density at radius 2 is 2.23 bits per heavy atom. The molecule has 0 aromatic heterocycles. The fourth-order valence-corrected chi connectivity index (χ4v) is 0.856. The quantitative estimate of drug-likeness (QED) is 0.672. The topological polar surface area (TPSA) is 26.3 Å². The molecule has 0 heterocycles. The van der Waals surface area contributed by atoms with Crippen molar-refractivity contribution in [3.63, 3.8) is 0 Å². The number of carbonyl (C=O) groups is 1. The average Bonchev–Trinajstić information content (AvgIpc) is 2.16. The minimum Gasteiger partial charge on any atom is -0.488 e. The lowest BCUT2D eigenvalue weighted by molar-refractivity contribution is 0.112. The molecule has 13 heavy (non-hydrogen) atoms. The number of ether oxygens (including phenoxy) is 1. The van der Waals surface area contributed by atoms with Crippen LogP contribution >= 0.6 is 0 Å². The number of rotatable bonds is 4. The van der Waals surface area contributed by atoms with Gasteiger partial charge in [-0.05, 0) is 18.2 Å². The second-order valence-corrected chi connectivity index (χ2v) is 2.35. The van der Waals surface area contributed by atoms with Crippen molar-refractivity contribution in [1.82, 2.24) is 0 Å². The second-order valence-electron chi connectivity index (χ2n) is 2.35. The van der Waals surface area contributed by atoms with Crippen LogP contribution in [0.25, 0.3) is 0 Å². The van der Waals surface area contributed by atoms with Gasteiger partial charge in [0.05, 0.1) is 0 Å². The molecule has 0 atom stereocenters. The van der Waals surface area contributed by atoms with Crippen LogP contribution < -0.4 is 4.74 Å². The predicted octanol–water partition coefficient (Wildman–Crippen LogP) is 1.99. The molecule has 0 aliphatic carbocycles. The summed E-state index contributed by atoms with van der Waals surface area (Å²) in [4.78, 5) is 10.2. The summed E-state index contributed by atoms with van der Waals surface area (Å²) in [6.45, 7) is -0.855. The monoisotopic (exact) mass is 186 g/mol. The van der Waals surface area contributed by atoms with Crippen LogP contribution in [0.3, 0.4) is 0 Å². The van der Waals surface area contributed by atoms with Crippen molar-refractivity contribution in [3.05, 3.63) is 29.6 Å². The Balaban J connectivity index is 2.79. The van der Waals surface area contributed by atoms with E-state index in [-0.39, 0.29) is 17.9 Å². The summed E-state index contributed by atoms with van der Waals surface area (Å²) in [7, 11) is 0. The Kier molecular flexibility index (Phi) is 3.37. The first-order valence-electron chi connectivity index (χ1n) is 3.71. The third-order valence-electron chi connectivity index (χ3n) is 1.43. The molecule has 0 saturated heterocycles. The number of hydrogen-bond donors (Lipinski definition) is 0. The molecule has 1 aromatic rings. The van der Waals surface area contributed by atoms with Crippen LogP contribution in [0.2, 0.25) is 0 Å². The highest BCUT2D eigenvalue weighted by atomic mass is 19.1. The van der Waals surface area contributed by atoms with Crippen LogP contribution in [0.1, 0.15) is 10.4 Å². The standard InChI is InChI=1S/C9H8F2O2/c10-3-4-13-9-2-1-7(6-12)5-8(9)11/h1-2,5-6H,3-4H2. The molecule has 2 nitrogen and oxygen atoms in total. The van der Waals surface area contributed by atoms with E-state index in [1.165, 1.54) is 12.1 Å². The average molecular weight is 186 g/mol. The van der Waals surface area contributed by atoms with E-state index < -0.39 is 12.5 Å².